The molecule has 0 spiro atoms. The highest BCUT2D eigenvalue weighted by atomic mass is 16.3. The van der Waals surface area contributed by atoms with Crippen molar-refractivity contribution in [1.82, 2.24) is 4.57 Å². The summed E-state index contributed by atoms with van der Waals surface area (Å²) in [6.07, 6.45) is 0. The van der Waals surface area contributed by atoms with Gasteiger partial charge in [-0.15, -0.1) is 0 Å². The Kier molecular flexibility index (Phi) is 3.50. The van der Waals surface area contributed by atoms with Crippen LogP contribution in [0.5, 0.6) is 0 Å². The molecule has 2 nitrogen and oxygen atoms in total. The maximum absolute atomic E-state index is 6.24. The number of fused-ring (bicyclic) bond motifs is 10. The lowest BCUT2D eigenvalue weighted by atomic mass is 9.80. The molecule has 1 aliphatic rings. The molecule has 7 aromatic rings. The lowest BCUT2D eigenvalue weighted by molar-refractivity contribution is 0.656. The topological polar surface area (TPSA) is 18.1 Å². The van der Waals surface area contributed by atoms with E-state index in [4.69, 9.17) is 4.42 Å². The summed E-state index contributed by atoms with van der Waals surface area (Å²) in [7, 11) is 0. The molecular formula is C33H23NO. The number of para-hydroxylation sites is 3. The van der Waals surface area contributed by atoms with Crippen LogP contribution in [-0.2, 0) is 5.41 Å². The Hall–Kier alpha value is -4.30. The summed E-state index contributed by atoms with van der Waals surface area (Å²) in [4.78, 5) is 0. The molecule has 0 bridgehead atoms. The van der Waals surface area contributed by atoms with Crippen molar-refractivity contribution in [2.75, 3.05) is 0 Å². The first-order valence-electron chi connectivity index (χ1n) is 12.2. The van der Waals surface area contributed by atoms with E-state index >= 15 is 0 Å². The van der Waals surface area contributed by atoms with Crippen molar-refractivity contribution in [3.8, 4) is 16.8 Å². The van der Waals surface area contributed by atoms with E-state index in [1.54, 1.807) is 0 Å². The Morgan fingerprint density at radius 1 is 0.600 bits per heavy atom. The Morgan fingerprint density at radius 3 is 1.97 bits per heavy atom. The minimum atomic E-state index is -0.147. The van der Waals surface area contributed by atoms with Crippen molar-refractivity contribution in [3.63, 3.8) is 0 Å². The summed E-state index contributed by atoms with van der Waals surface area (Å²) in [6, 6.07) is 37.2. The molecule has 0 radical (unpaired) electrons. The predicted molar refractivity (Wildman–Crippen MR) is 146 cm³/mol. The summed E-state index contributed by atoms with van der Waals surface area (Å²) in [5.41, 5.74) is 10.8. The lowest BCUT2D eigenvalue weighted by Gasteiger charge is -2.23. The predicted octanol–water partition coefficient (Wildman–Crippen LogP) is 8.99. The molecular weight excluding hydrogens is 426 g/mol. The molecule has 166 valence electrons. The van der Waals surface area contributed by atoms with Crippen LogP contribution in [0.25, 0.3) is 60.6 Å². The number of nitrogens with zero attached hydrogens (tertiary/aromatic N) is 1. The number of aromatic nitrogens is 1. The van der Waals surface area contributed by atoms with Crippen molar-refractivity contribution in [3.05, 3.63) is 114 Å². The summed E-state index contributed by atoms with van der Waals surface area (Å²) >= 11 is 0. The highest BCUT2D eigenvalue weighted by Crippen LogP contribution is 2.53. The first-order valence-corrected chi connectivity index (χ1v) is 12.2. The minimum absolute atomic E-state index is 0.147. The van der Waals surface area contributed by atoms with E-state index in [-0.39, 0.29) is 5.41 Å². The van der Waals surface area contributed by atoms with Gasteiger partial charge in [0.15, 0.2) is 0 Å². The molecule has 35 heavy (non-hydrogen) atoms. The quantitative estimate of drug-likeness (QED) is 0.244. The van der Waals surface area contributed by atoms with Crippen LogP contribution < -0.4 is 0 Å². The second-order valence-corrected chi connectivity index (χ2v) is 10.2. The Labute approximate surface area is 203 Å². The number of benzene rings is 5. The number of hydrogen-bond donors (Lipinski definition) is 0. The van der Waals surface area contributed by atoms with Crippen molar-refractivity contribution in [2.24, 2.45) is 0 Å². The minimum Gasteiger partial charge on any atom is -0.456 e. The molecule has 1 aliphatic carbocycles. The SMILES string of the molecule is CC1(C)c2cc(-n3c4ccccc4c4ccccc43)ccc2-c2ccc3oc4ccccc4c3c21. The number of rotatable bonds is 1. The monoisotopic (exact) mass is 449 g/mol. The molecule has 0 fully saturated rings. The molecule has 2 heteroatoms. The van der Waals surface area contributed by atoms with E-state index in [0.717, 1.165) is 11.2 Å². The van der Waals surface area contributed by atoms with E-state index < -0.39 is 0 Å². The fourth-order valence-electron chi connectivity index (χ4n) is 6.45. The highest BCUT2D eigenvalue weighted by Gasteiger charge is 2.38. The van der Waals surface area contributed by atoms with Gasteiger partial charge in [0.25, 0.3) is 0 Å². The summed E-state index contributed by atoms with van der Waals surface area (Å²) in [6.45, 7) is 4.71. The normalized spacial score (nSPS) is 14.2. The molecule has 0 aliphatic heterocycles. The van der Waals surface area contributed by atoms with Crippen LogP contribution in [0.1, 0.15) is 25.0 Å². The average Bonchev–Trinajstić information content (AvgIpc) is 3.50. The summed E-state index contributed by atoms with van der Waals surface area (Å²) in [5.74, 6) is 0. The van der Waals surface area contributed by atoms with Gasteiger partial charge in [-0.1, -0.05) is 80.6 Å². The third-order valence-electron chi connectivity index (χ3n) is 7.97. The maximum atomic E-state index is 6.24. The molecule has 0 unspecified atom stereocenters. The van der Waals surface area contributed by atoms with Crippen LogP contribution in [0.2, 0.25) is 0 Å². The van der Waals surface area contributed by atoms with Gasteiger partial charge in [0, 0.05) is 32.6 Å². The van der Waals surface area contributed by atoms with Gasteiger partial charge in [0.1, 0.15) is 11.2 Å². The Bertz CT molecular complexity index is 1930. The first-order chi connectivity index (χ1) is 17.1. The van der Waals surface area contributed by atoms with Gasteiger partial charge in [0.05, 0.1) is 11.0 Å². The van der Waals surface area contributed by atoms with Crippen LogP contribution in [0.4, 0.5) is 0 Å². The third-order valence-corrected chi connectivity index (χ3v) is 7.97. The molecule has 2 aromatic heterocycles. The summed E-state index contributed by atoms with van der Waals surface area (Å²) in [5, 5.41) is 5.02. The van der Waals surface area contributed by atoms with Gasteiger partial charge in [0.2, 0.25) is 0 Å². The van der Waals surface area contributed by atoms with E-state index in [1.807, 2.05) is 6.07 Å². The molecule has 0 saturated carbocycles. The molecule has 0 saturated heterocycles. The maximum Gasteiger partial charge on any atom is 0.135 e. The average molecular weight is 450 g/mol. The first kappa shape index (κ1) is 19.1. The Morgan fingerprint density at radius 2 is 1.23 bits per heavy atom. The van der Waals surface area contributed by atoms with E-state index in [0.29, 0.717) is 0 Å². The zero-order chi connectivity index (χ0) is 23.3. The van der Waals surface area contributed by atoms with Gasteiger partial charge in [-0.3, -0.25) is 0 Å². The van der Waals surface area contributed by atoms with Gasteiger partial charge >= 0.3 is 0 Å². The largest absolute Gasteiger partial charge is 0.456 e. The molecule has 2 heterocycles. The van der Waals surface area contributed by atoms with Gasteiger partial charge < -0.3 is 8.98 Å². The van der Waals surface area contributed by atoms with Gasteiger partial charge in [-0.25, -0.2) is 0 Å². The second-order valence-electron chi connectivity index (χ2n) is 10.2. The van der Waals surface area contributed by atoms with Gasteiger partial charge in [-0.05, 0) is 58.7 Å². The molecule has 8 rings (SSSR count). The zero-order valence-corrected chi connectivity index (χ0v) is 19.7. The van der Waals surface area contributed by atoms with E-state index in [9.17, 15) is 0 Å². The smallest absolute Gasteiger partial charge is 0.135 e. The van der Waals surface area contributed by atoms with Crippen LogP contribution in [0.15, 0.2) is 108 Å². The highest BCUT2D eigenvalue weighted by molar-refractivity contribution is 6.11. The van der Waals surface area contributed by atoms with Crippen LogP contribution in [0.3, 0.4) is 0 Å². The number of furan rings is 1. The van der Waals surface area contributed by atoms with Crippen LogP contribution in [0, 0.1) is 0 Å². The van der Waals surface area contributed by atoms with E-state index in [2.05, 4.69) is 115 Å². The van der Waals surface area contributed by atoms with E-state index in [1.165, 1.54) is 60.5 Å². The fraction of sp³-hybridized carbons (Fsp3) is 0.0909. The van der Waals surface area contributed by atoms with Crippen LogP contribution in [-0.4, -0.2) is 4.57 Å². The second kappa shape index (κ2) is 6.43. The lowest BCUT2D eigenvalue weighted by Crippen LogP contribution is -2.15. The third kappa shape index (κ3) is 2.34. The molecule has 0 atom stereocenters. The van der Waals surface area contributed by atoms with Crippen molar-refractivity contribution in [1.29, 1.82) is 0 Å². The fourth-order valence-corrected chi connectivity index (χ4v) is 6.45. The standard InChI is InChI=1S/C33H23NO/c1-33(2)26-19-20(34-27-12-6-3-9-22(27)23-10-4-7-13-28(23)34)15-16-21(26)24-17-18-30-31(32(24)33)25-11-5-8-14-29(25)35-30/h3-19H,1-2H3. The van der Waals surface area contributed by atoms with Crippen molar-refractivity contribution in [2.45, 2.75) is 19.3 Å². The van der Waals surface area contributed by atoms with Crippen molar-refractivity contribution < 1.29 is 4.42 Å². The summed E-state index contributed by atoms with van der Waals surface area (Å²) < 4.78 is 8.65. The van der Waals surface area contributed by atoms with Gasteiger partial charge in [-0.2, -0.15) is 0 Å². The van der Waals surface area contributed by atoms with Crippen LogP contribution >= 0.6 is 0 Å². The zero-order valence-electron chi connectivity index (χ0n) is 19.7. The Balaban J connectivity index is 1.43. The molecule has 0 amide bonds. The molecule has 0 N–H and O–H groups in total. The van der Waals surface area contributed by atoms with Crippen molar-refractivity contribution >= 4 is 43.7 Å². The number of hydrogen-bond acceptors (Lipinski definition) is 1. The molecule has 5 aromatic carbocycles.